The Balaban J connectivity index is 1.55. The number of benzene rings is 2. The van der Waals surface area contributed by atoms with E-state index in [2.05, 4.69) is 4.98 Å². The van der Waals surface area contributed by atoms with E-state index in [0.29, 0.717) is 36.3 Å². The molecule has 2 heterocycles. The fraction of sp³-hybridized carbons (Fsp3) is 0.292. The van der Waals surface area contributed by atoms with Crippen LogP contribution in [0.2, 0.25) is 0 Å². The predicted molar refractivity (Wildman–Crippen MR) is 121 cm³/mol. The molecule has 1 amide bonds. The number of methoxy groups -OCH3 is 1. The van der Waals surface area contributed by atoms with E-state index < -0.39 is 23.4 Å². The van der Waals surface area contributed by atoms with E-state index in [1.54, 1.807) is 6.07 Å². The lowest BCUT2D eigenvalue weighted by atomic mass is 10.0. The number of carbonyl (C=O) groups is 2. The highest BCUT2D eigenvalue weighted by Gasteiger charge is 2.26. The number of aryl methyl sites for hydroxylation is 2. The van der Waals surface area contributed by atoms with Crippen molar-refractivity contribution in [2.45, 2.75) is 26.4 Å². The normalized spacial score (nSPS) is 13.0. The van der Waals surface area contributed by atoms with E-state index in [9.17, 15) is 19.7 Å². The molecule has 0 aliphatic carbocycles. The van der Waals surface area contributed by atoms with Crippen molar-refractivity contribution in [2.75, 3.05) is 25.2 Å². The van der Waals surface area contributed by atoms with Crippen LogP contribution < -0.4 is 4.90 Å². The number of esters is 1. The van der Waals surface area contributed by atoms with Crippen LogP contribution >= 0.6 is 0 Å². The second-order valence-electron chi connectivity index (χ2n) is 7.80. The van der Waals surface area contributed by atoms with Gasteiger partial charge in [-0.3, -0.25) is 14.9 Å². The van der Waals surface area contributed by atoms with Gasteiger partial charge in [-0.1, -0.05) is 18.2 Å². The van der Waals surface area contributed by atoms with Gasteiger partial charge in [0.2, 0.25) is 0 Å². The zero-order chi connectivity index (χ0) is 23.5. The van der Waals surface area contributed by atoms with E-state index in [4.69, 9.17) is 9.47 Å². The summed E-state index contributed by atoms with van der Waals surface area (Å²) in [5.74, 6) is -1.04. The summed E-state index contributed by atoms with van der Waals surface area (Å²) in [6, 6.07) is 11.9. The minimum atomic E-state index is -0.646. The van der Waals surface area contributed by atoms with Gasteiger partial charge in [0.15, 0.2) is 6.61 Å². The molecule has 1 aromatic heterocycles. The molecule has 3 aromatic rings. The third kappa shape index (κ3) is 4.40. The van der Waals surface area contributed by atoms with Gasteiger partial charge in [-0.05, 0) is 43.0 Å². The lowest BCUT2D eigenvalue weighted by Gasteiger charge is -2.29. The maximum atomic E-state index is 13.0. The number of ether oxygens (including phenoxy) is 2. The summed E-state index contributed by atoms with van der Waals surface area (Å²) in [6.07, 6.45) is 1.31. The van der Waals surface area contributed by atoms with Gasteiger partial charge in [0.25, 0.3) is 11.6 Å². The van der Waals surface area contributed by atoms with Crippen LogP contribution in [0.3, 0.4) is 0 Å². The SMILES string of the molecule is COCc1nc2ccccc2c(C)c1C(=O)OCC(=O)N1CCCc2cc([N+](=O)[O-])ccc21. The Labute approximate surface area is 190 Å². The van der Waals surface area contributed by atoms with Gasteiger partial charge in [0, 0.05) is 36.9 Å². The summed E-state index contributed by atoms with van der Waals surface area (Å²) in [7, 11) is 1.52. The quantitative estimate of drug-likeness (QED) is 0.320. The summed E-state index contributed by atoms with van der Waals surface area (Å²) in [6.45, 7) is 1.94. The number of nitro groups is 1. The van der Waals surface area contributed by atoms with Crippen molar-refractivity contribution in [1.29, 1.82) is 0 Å². The van der Waals surface area contributed by atoms with Crippen molar-refractivity contribution >= 4 is 34.2 Å². The largest absolute Gasteiger partial charge is 0.452 e. The molecule has 33 heavy (non-hydrogen) atoms. The highest BCUT2D eigenvalue weighted by Crippen LogP contribution is 2.31. The molecular formula is C24H23N3O6. The molecule has 0 spiro atoms. The average molecular weight is 449 g/mol. The Morgan fingerprint density at radius 1 is 1.21 bits per heavy atom. The first-order valence-electron chi connectivity index (χ1n) is 10.5. The van der Waals surface area contributed by atoms with Crippen LogP contribution in [0, 0.1) is 17.0 Å². The van der Waals surface area contributed by atoms with Gasteiger partial charge in [-0.25, -0.2) is 9.78 Å². The van der Waals surface area contributed by atoms with Gasteiger partial charge in [0.1, 0.15) is 0 Å². The molecule has 0 radical (unpaired) electrons. The zero-order valence-electron chi connectivity index (χ0n) is 18.4. The number of fused-ring (bicyclic) bond motifs is 2. The van der Waals surface area contributed by atoms with Crippen LogP contribution in [0.25, 0.3) is 10.9 Å². The van der Waals surface area contributed by atoms with Gasteiger partial charge >= 0.3 is 5.97 Å². The van der Waals surface area contributed by atoms with Gasteiger partial charge in [-0.15, -0.1) is 0 Å². The third-order valence-corrected chi connectivity index (χ3v) is 5.73. The topological polar surface area (TPSA) is 112 Å². The molecular weight excluding hydrogens is 426 g/mol. The van der Waals surface area contributed by atoms with Crippen LogP contribution in [0.5, 0.6) is 0 Å². The van der Waals surface area contributed by atoms with E-state index in [-0.39, 0.29) is 17.9 Å². The Morgan fingerprint density at radius 2 is 2.00 bits per heavy atom. The first kappa shape index (κ1) is 22.3. The summed E-state index contributed by atoms with van der Waals surface area (Å²) >= 11 is 0. The van der Waals surface area contributed by atoms with E-state index in [1.165, 1.54) is 24.1 Å². The Bertz CT molecular complexity index is 1260. The summed E-state index contributed by atoms with van der Waals surface area (Å²) < 4.78 is 10.6. The number of rotatable bonds is 6. The molecule has 0 atom stereocenters. The fourth-order valence-corrected chi connectivity index (χ4v) is 4.19. The highest BCUT2D eigenvalue weighted by atomic mass is 16.6. The molecule has 0 fully saturated rings. The smallest absolute Gasteiger partial charge is 0.340 e. The van der Waals surface area contributed by atoms with Crippen LogP contribution in [0.15, 0.2) is 42.5 Å². The predicted octanol–water partition coefficient (Wildman–Crippen LogP) is 3.73. The van der Waals surface area contributed by atoms with Crippen LogP contribution in [-0.4, -0.2) is 42.0 Å². The molecule has 0 saturated heterocycles. The fourth-order valence-electron chi connectivity index (χ4n) is 4.19. The van der Waals surface area contributed by atoms with Crippen molar-refractivity contribution in [1.82, 2.24) is 4.98 Å². The summed E-state index contributed by atoms with van der Waals surface area (Å²) in [5, 5.41) is 11.9. The summed E-state index contributed by atoms with van der Waals surface area (Å²) in [4.78, 5) is 42.5. The van der Waals surface area contributed by atoms with Crippen LogP contribution in [-0.2, 0) is 27.3 Å². The molecule has 0 unspecified atom stereocenters. The minimum Gasteiger partial charge on any atom is -0.452 e. The number of hydrogen-bond acceptors (Lipinski definition) is 7. The average Bonchev–Trinajstić information content (AvgIpc) is 2.82. The lowest BCUT2D eigenvalue weighted by Crippen LogP contribution is -2.38. The number of pyridine rings is 1. The zero-order valence-corrected chi connectivity index (χ0v) is 18.4. The number of nitrogens with zero attached hydrogens (tertiary/aromatic N) is 3. The Kier molecular flexibility index (Phi) is 6.32. The third-order valence-electron chi connectivity index (χ3n) is 5.73. The Morgan fingerprint density at radius 3 is 2.76 bits per heavy atom. The van der Waals surface area contributed by atoms with E-state index in [0.717, 1.165) is 16.5 Å². The van der Waals surface area contributed by atoms with E-state index in [1.807, 2.05) is 31.2 Å². The number of anilines is 1. The summed E-state index contributed by atoms with van der Waals surface area (Å²) in [5.41, 5.74) is 3.51. The monoisotopic (exact) mass is 449 g/mol. The molecule has 170 valence electrons. The molecule has 0 bridgehead atoms. The van der Waals surface area contributed by atoms with Gasteiger partial charge < -0.3 is 14.4 Å². The molecule has 1 aliphatic rings. The first-order valence-corrected chi connectivity index (χ1v) is 10.5. The van der Waals surface area contributed by atoms with Crippen molar-refractivity contribution < 1.29 is 24.0 Å². The van der Waals surface area contributed by atoms with Crippen molar-refractivity contribution in [3.8, 4) is 0 Å². The Hall–Kier alpha value is -3.85. The number of non-ortho nitro benzene ring substituents is 1. The minimum absolute atomic E-state index is 0.0144. The maximum Gasteiger partial charge on any atom is 0.340 e. The molecule has 0 saturated carbocycles. The highest BCUT2D eigenvalue weighted by molar-refractivity contribution is 6.01. The number of aromatic nitrogens is 1. The number of hydrogen-bond donors (Lipinski definition) is 0. The van der Waals surface area contributed by atoms with Gasteiger partial charge in [-0.2, -0.15) is 0 Å². The van der Waals surface area contributed by atoms with Crippen molar-refractivity contribution in [3.63, 3.8) is 0 Å². The first-order chi connectivity index (χ1) is 15.9. The maximum absolute atomic E-state index is 13.0. The molecule has 2 aromatic carbocycles. The van der Waals surface area contributed by atoms with E-state index >= 15 is 0 Å². The van der Waals surface area contributed by atoms with Crippen molar-refractivity contribution in [2.24, 2.45) is 0 Å². The second-order valence-corrected chi connectivity index (χ2v) is 7.80. The number of para-hydroxylation sites is 1. The molecule has 1 aliphatic heterocycles. The molecule has 9 nitrogen and oxygen atoms in total. The standard InChI is InChI=1S/C24H23N3O6/c1-15-18-7-3-4-8-19(18)25-20(13-32-2)23(15)24(29)33-14-22(28)26-11-5-6-16-12-17(27(30)31)9-10-21(16)26/h3-4,7-10,12H,5-6,11,13-14H2,1-2H3. The van der Waals surface area contributed by atoms with Crippen LogP contribution in [0.1, 0.15) is 33.6 Å². The second kappa shape index (κ2) is 9.33. The molecule has 0 N–H and O–H groups in total. The molecule has 9 heteroatoms. The number of carbonyl (C=O) groups excluding carboxylic acids is 2. The molecule has 4 rings (SSSR count). The van der Waals surface area contributed by atoms with Crippen LogP contribution in [0.4, 0.5) is 11.4 Å². The number of amides is 1. The van der Waals surface area contributed by atoms with Gasteiger partial charge in [0.05, 0.1) is 28.3 Å². The lowest BCUT2D eigenvalue weighted by molar-refractivity contribution is -0.384. The van der Waals surface area contributed by atoms with Crippen molar-refractivity contribution in [3.05, 3.63) is 75.0 Å². The number of nitro benzene ring substituents is 1.